The molecule has 2 rings (SSSR count). The smallest absolute Gasteiger partial charge is 0.224 e. The fourth-order valence-electron chi connectivity index (χ4n) is 1.45. The van der Waals surface area contributed by atoms with Gasteiger partial charge in [-0.25, -0.2) is 9.37 Å². The Morgan fingerprint density at radius 3 is 2.61 bits per heavy atom. The molecule has 0 aliphatic carbocycles. The van der Waals surface area contributed by atoms with E-state index < -0.39 is 5.82 Å². The van der Waals surface area contributed by atoms with Crippen molar-refractivity contribution >= 4 is 23.1 Å². The van der Waals surface area contributed by atoms with Crippen molar-refractivity contribution in [3.05, 3.63) is 47.1 Å². The summed E-state index contributed by atoms with van der Waals surface area (Å²) < 4.78 is 13.6. The van der Waals surface area contributed by atoms with Gasteiger partial charge in [0.05, 0.1) is 17.8 Å². The maximum Gasteiger partial charge on any atom is 0.224 e. The fraction of sp³-hybridized carbons (Fsp3) is 0.0833. The van der Waals surface area contributed by atoms with Crippen molar-refractivity contribution in [3.63, 3.8) is 0 Å². The largest absolute Gasteiger partial charge is 0.327 e. The highest BCUT2D eigenvalue weighted by atomic mass is 35.5. The van der Waals surface area contributed by atoms with Gasteiger partial charge in [0, 0.05) is 12.7 Å². The first kappa shape index (κ1) is 12.3. The number of nitriles is 1. The number of hydrogen-bond donors (Lipinski definition) is 0. The first-order chi connectivity index (χ1) is 8.61. The van der Waals surface area contributed by atoms with E-state index in [1.165, 1.54) is 4.90 Å². The van der Waals surface area contributed by atoms with Crippen LogP contribution < -0.4 is 4.90 Å². The van der Waals surface area contributed by atoms with Crippen LogP contribution in [0.3, 0.4) is 0 Å². The molecule has 6 heteroatoms. The Balaban J connectivity index is 2.38. The maximum absolute atomic E-state index is 13.6. The Bertz CT molecular complexity index is 606. The molecule has 0 atom stereocenters. The Hall–Kier alpha value is -2.19. The van der Waals surface area contributed by atoms with Gasteiger partial charge in [0.25, 0.3) is 0 Å². The first-order valence-corrected chi connectivity index (χ1v) is 5.41. The summed E-state index contributed by atoms with van der Waals surface area (Å²) in [5.41, 5.74) is 1.23. The molecule has 0 saturated carbocycles. The highest BCUT2D eigenvalue weighted by Crippen LogP contribution is 2.24. The van der Waals surface area contributed by atoms with Gasteiger partial charge >= 0.3 is 0 Å². The lowest BCUT2D eigenvalue weighted by Crippen LogP contribution is -2.13. The number of aromatic nitrogens is 2. The van der Waals surface area contributed by atoms with Crippen LogP contribution in [0, 0.1) is 17.1 Å². The highest BCUT2D eigenvalue weighted by Gasteiger charge is 2.12. The standard InChI is InChI=1S/C12H8ClFN4/c1-18(9-4-2-8(6-15)3-5-9)11-10(14)7-16-12(13)17-11/h2-5,7H,1H3. The number of hydrogen-bond acceptors (Lipinski definition) is 4. The van der Waals surface area contributed by atoms with E-state index >= 15 is 0 Å². The van der Waals surface area contributed by atoms with Gasteiger partial charge in [0.1, 0.15) is 0 Å². The topological polar surface area (TPSA) is 52.8 Å². The molecular formula is C12H8ClFN4. The molecule has 0 spiro atoms. The second-order valence-electron chi connectivity index (χ2n) is 3.53. The van der Waals surface area contributed by atoms with Crippen LogP contribution in [-0.4, -0.2) is 17.0 Å². The first-order valence-electron chi connectivity index (χ1n) is 5.04. The van der Waals surface area contributed by atoms with E-state index in [4.69, 9.17) is 16.9 Å². The predicted molar refractivity (Wildman–Crippen MR) is 66.2 cm³/mol. The van der Waals surface area contributed by atoms with Gasteiger partial charge in [0.15, 0.2) is 11.6 Å². The minimum atomic E-state index is -0.564. The Labute approximate surface area is 108 Å². The molecule has 0 fully saturated rings. The van der Waals surface area contributed by atoms with Gasteiger partial charge in [-0.3, -0.25) is 0 Å². The van der Waals surface area contributed by atoms with Gasteiger partial charge in [-0.15, -0.1) is 0 Å². The molecule has 0 aliphatic heterocycles. The molecule has 0 aliphatic rings. The number of nitrogens with zero attached hydrogens (tertiary/aromatic N) is 4. The summed E-state index contributed by atoms with van der Waals surface area (Å²) in [7, 11) is 1.66. The monoisotopic (exact) mass is 262 g/mol. The number of benzene rings is 1. The number of anilines is 2. The van der Waals surface area contributed by atoms with Gasteiger partial charge in [0.2, 0.25) is 5.28 Å². The van der Waals surface area contributed by atoms with Crippen LogP contribution >= 0.6 is 11.6 Å². The van der Waals surface area contributed by atoms with E-state index in [0.717, 1.165) is 6.20 Å². The van der Waals surface area contributed by atoms with Crippen molar-refractivity contribution < 1.29 is 4.39 Å². The van der Waals surface area contributed by atoms with Crippen molar-refractivity contribution in [3.8, 4) is 6.07 Å². The maximum atomic E-state index is 13.6. The quantitative estimate of drug-likeness (QED) is 0.781. The van der Waals surface area contributed by atoms with Crippen molar-refractivity contribution in [2.45, 2.75) is 0 Å². The summed E-state index contributed by atoms with van der Waals surface area (Å²) in [4.78, 5) is 8.92. The average Bonchev–Trinajstić information content (AvgIpc) is 2.41. The summed E-state index contributed by atoms with van der Waals surface area (Å²) in [6.45, 7) is 0. The third-order valence-corrected chi connectivity index (χ3v) is 2.58. The lowest BCUT2D eigenvalue weighted by atomic mass is 10.2. The van der Waals surface area contributed by atoms with Crippen molar-refractivity contribution in [1.29, 1.82) is 5.26 Å². The van der Waals surface area contributed by atoms with Gasteiger partial charge in [-0.05, 0) is 35.9 Å². The fourth-order valence-corrected chi connectivity index (χ4v) is 1.58. The molecule has 0 unspecified atom stereocenters. The lowest BCUT2D eigenvalue weighted by molar-refractivity contribution is 0.613. The molecular weight excluding hydrogens is 255 g/mol. The zero-order valence-corrected chi connectivity index (χ0v) is 10.2. The molecule has 0 saturated heterocycles. The third kappa shape index (κ3) is 2.39. The molecule has 0 N–H and O–H groups in total. The minimum absolute atomic E-state index is 0.0214. The van der Waals surface area contributed by atoms with Gasteiger partial charge in [-0.1, -0.05) is 0 Å². The van der Waals surface area contributed by atoms with E-state index in [-0.39, 0.29) is 11.1 Å². The van der Waals surface area contributed by atoms with E-state index in [2.05, 4.69) is 9.97 Å². The van der Waals surface area contributed by atoms with Gasteiger partial charge in [-0.2, -0.15) is 10.2 Å². The normalized spacial score (nSPS) is 9.89. The SMILES string of the molecule is CN(c1ccc(C#N)cc1)c1nc(Cl)ncc1F. The molecule has 1 aromatic carbocycles. The number of halogens is 2. The van der Waals surface area contributed by atoms with E-state index in [0.29, 0.717) is 11.3 Å². The highest BCUT2D eigenvalue weighted by molar-refractivity contribution is 6.28. The van der Waals surface area contributed by atoms with Crippen LogP contribution in [-0.2, 0) is 0 Å². The third-order valence-electron chi connectivity index (χ3n) is 2.40. The Kier molecular flexibility index (Phi) is 3.40. The summed E-state index contributed by atoms with van der Waals surface area (Å²) in [5, 5.41) is 8.68. The zero-order chi connectivity index (χ0) is 13.1. The zero-order valence-electron chi connectivity index (χ0n) is 9.43. The molecule has 1 heterocycles. The van der Waals surface area contributed by atoms with E-state index in [9.17, 15) is 4.39 Å². The molecule has 2 aromatic rings. The molecule has 0 bridgehead atoms. The summed E-state index contributed by atoms with van der Waals surface area (Å²) >= 11 is 5.64. The second kappa shape index (κ2) is 4.98. The van der Waals surface area contributed by atoms with Crippen LogP contribution in [0.1, 0.15) is 5.56 Å². The van der Waals surface area contributed by atoms with E-state index in [1.807, 2.05) is 6.07 Å². The lowest BCUT2D eigenvalue weighted by Gasteiger charge is -2.18. The van der Waals surface area contributed by atoms with E-state index in [1.54, 1.807) is 31.3 Å². The van der Waals surface area contributed by atoms with Gasteiger partial charge < -0.3 is 4.90 Å². The van der Waals surface area contributed by atoms with Crippen molar-refractivity contribution in [2.75, 3.05) is 11.9 Å². The Morgan fingerprint density at radius 1 is 1.33 bits per heavy atom. The summed E-state index contributed by atoms with van der Waals surface area (Å²) in [6, 6.07) is 8.71. The Morgan fingerprint density at radius 2 is 2.00 bits per heavy atom. The van der Waals surface area contributed by atoms with Crippen molar-refractivity contribution in [1.82, 2.24) is 9.97 Å². The molecule has 0 radical (unpaired) electrons. The van der Waals surface area contributed by atoms with Crippen LogP contribution in [0.2, 0.25) is 5.28 Å². The molecule has 90 valence electrons. The number of rotatable bonds is 2. The summed E-state index contributed by atoms with van der Waals surface area (Å²) in [5.74, 6) is -0.481. The minimum Gasteiger partial charge on any atom is -0.327 e. The average molecular weight is 263 g/mol. The molecule has 1 aromatic heterocycles. The van der Waals surface area contributed by atoms with Crippen LogP contribution in [0.4, 0.5) is 15.9 Å². The van der Waals surface area contributed by atoms with Crippen LogP contribution in [0.15, 0.2) is 30.5 Å². The van der Waals surface area contributed by atoms with Crippen molar-refractivity contribution in [2.24, 2.45) is 0 Å². The predicted octanol–water partition coefficient (Wildman–Crippen LogP) is 2.91. The summed E-state index contributed by atoms with van der Waals surface area (Å²) in [6.07, 6.45) is 1.02. The molecule has 4 nitrogen and oxygen atoms in total. The van der Waals surface area contributed by atoms with Crippen LogP contribution in [0.25, 0.3) is 0 Å². The molecule has 0 amide bonds. The van der Waals surface area contributed by atoms with Crippen LogP contribution in [0.5, 0.6) is 0 Å². The molecule has 18 heavy (non-hydrogen) atoms. The second-order valence-corrected chi connectivity index (χ2v) is 3.87.